The van der Waals surface area contributed by atoms with Gasteiger partial charge in [-0.2, -0.15) is 0 Å². The Morgan fingerprint density at radius 2 is 2.08 bits per heavy atom. The predicted octanol–water partition coefficient (Wildman–Crippen LogP) is 2.30. The van der Waals surface area contributed by atoms with E-state index in [1.54, 1.807) is 20.3 Å². The number of hydrogen-bond acceptors (Lipinski definition) is 2. The molecule has 0 aromatic heterocycles. The van der Waals surface area contributed by atoms with Gasteiger partial charge < -0.3 is 9.47 Å². The molecule has 2 heteroatoms. The van der Waals surface area contributed by atoms with Crippen LogP contribution < -0.4 is 0 Å². The number of ether oxygens (including phenoxy) is 2. The maximum Gasteiger partial charge on any atom is 0.114 e. The SMILES string of the molecule is C=C/C=C(/CCOC)C(=C)OC. The van der Waals surface area contributed by atoms with Gasteiger partial charge in [-0.3, -0.25) is 0 Å². The number of hydrogen-bond donors (Lipinski definition) is 0. The van der Waals surface area contributed by atoms with Gasteiger partial charge in [0.25, 0.3) is 0 Å². The van der Waals surface area contributed by atoms with Crippen molar-refractivity contribution < 1.29 is 9.47 Å². The molecule has 12 heavy (non-hydrogen) atoms. The highest BCUT2D eigenvalue weighted by molar-refractivity contribution is 5.26. The fourth-order valence-corrected chi connectivity index (χ4v) is 0.801. The van der Waals surface area contributed by atoms with Crippen LogP contribution in [0.5, 0.6) is 0 Å². The third-order valence-corrected chi connectivity index (χ3v) is 1.50. The zero-order valence-electron chi connectivity index (χ0n) is 7.80. The standard InChI is InChI=1S/C10H16O2/c1-5-6-10(7-8-11-3)9(2)12-4/h5-6H,1-2,7-8H2,3-4H3/b10-6-. The van der Waals surface area contributed by atoms with Crippen molar-refractivity contribution in [3.8, 4) is 0 Å². The van der Waals surface area contributed by atoms with E-state index in [1.165, 1.54) is 0 Å². The van der Waals surface area contributed by atoms with Crippen LogP contribution in [0.4, 0.5) is 0 Å². The molecule has 0 saturated heterocycles. The Bertz CT molecular complexity index is 180. The lowest BCUT2D eigenvalue weighted by atomic mass is 10.1. The van der Waals surface area contributed by atoms with E-state index in [-0.39, 0.29) is 0 Å². The molecule has 0 aliphatic rings. The molecule has 0 heterocycles. The van der Waals surface area contributed by atoms with Gasteiger partial charge >= 0.3 is 0 Å². The molecule has 0 unspecified atom stereocenters. The summed E-state index contributed by atoms with van der Waals surface area (Å²) in [5.41, 5.74) is 1.02. The molecular weight excluding hydrogens is 152 g/mol. The summed E-state index contributed by atoms with van der Waals surface area (Å²) in [5, 5.41) is 0. The van der Waals surface area contributed by atoms with E-state index in [1.807, 2.05) is 6.08 Å². The lowest BCUT2D eigenvalue weighted by Gasteiger charge is -2.07. The van der Waals surface area contributed by atoms with Crippen LogP contribution in [0.15, 0.2) is 36.6 Å². The highest BCUT2D eigenvalue weighted by Gasteiger charge is 2.00. The number of rotatable bonds is 6. The second-order valence-electron chi connectivity index (χ2n) is 2.30. The third-order valence-electron chi connectivity index (χ3n) is 1.50. The summed E-state index contributed by atoms with van der Waals surface area (Å²) in [4.78, 5) is 0. The highest BCUT2D eigenvalue weighted by Crippen LogP contribution is 2.12. The molecule has 0 rings (SSSR count). The minimum Gasteiger partial charge on any atom is -0.497 e. The predicted molar refractivity (Wildman–Crippen MR) is 50.9 cm³/mol. The van der Waals surface area contributed by atoms with Crippen molar-refractivity contribution in [1.29, 1.82) is 0 Å². The molecule has 0 fully saturated rings. The minimum absolute atomic E-state index is 0.669. The van der Waals surface area contributed by atoms with Crippen molar-refractivity contribution >= 4 is 0 Å². The van der Waals surface area contributed by atoms with Gasteiger partial charge in [0.15, 0.2) is 0 Å². The van der Waals surface area contributed by atoms with Crippen LogP contribution >= 0.6 is 0 Å². The van der Waals surface area contributed by atoms with Crippen LogP contribution in [0.3, 0.4) is 0 Å². The van der Waals surface area contributed by atoms with E-state index in [0.717, 1.165) is 12.0 Å². The molecule has 68 valence electrons. The molecule has 0 bridgehead atoms. The summed E-state index contributed by atoms with van der Waals surface area (Å²) in [6.45, 7) is 8.03. The van der Waals surface area contributed by atoms with Gasteiger partial charge in [-0.25, -0.2) is 0 Å². The number of allylic oxidation sites excluding steroid dienone is 3. The van der Waals surface area contributed by atoms with E-state index in [0.29, 0.717) is 12.4 Å². The Balaban J connectivity index is 4.13. The van der Waals surface area contributed by atoms with Crippen LogP contribution in [-0.4, -0.2) is 20.8 Å². The Hall–Kier alpha value is -1.02. The van der Waals surface area contributed by atoms with Crippen molar-refractivity contribution in [3.05, 3.63) is 36.6 Å². The largest absolute Gasteiger partial charge is 0.497 e. The lowest BCUT2D eigenvalue weighted by Crippen LogP contribution is -1.96. The zero-order chi connectivity index (χ0) is 9.40. The molecule has 0 spiro atoms. The van der Waals surface area contributed by atoms with Crippen LogP contribution in [0.25, 0.3) is 0 Å². The summed E-state index contributed by atoms with van der Waals surface area (Å²) in [6.07, 6.45) is 4.40. The third kappa shape index (κ3) is 3.98. The molecular formula is C10H16O2. The second-order valence-corrected chi connectivity index (χ2v) is 2.30. The van der Waals surface area contributed by atoms with Crippen LogP contribution in [0.1, 0.15) is 6.42 Å². The van der Waals surface area contributed by atoms with Crippen molar-refractivity contribution in [2.24, 2.45) is 0 Å². The van der Waals surface area contributed by atoms with E-state index >= 15 is 0 Å². The number of methoxy groups -OCH3 is 2. The molecule has 0 aromatic carbocycles. The minimum atomic E-state index is 0.669. The fourth-order valence-electron chi connectivity index (χ4n) is 0.801. The summed E-state index contributed by atoms with van der Waals surface area (Å²) in [6, 6.07) is 0. The Morgan fingerprint density at radius 3 is 2.50 bits per heavy atom. The molecule has 0 radical (unpaired) electrons. The first kappa shape index (κ1) is 11.0. The first-order valence-electron chi connectivity index (χ1n) is 3.80. The molecule has 0 aliphatic heterocycles. The van der Waals surface area contributed by atoms with Gasteiger partial charge in [0, 0.05) is 7.11 Å². The monoisotopic (exact) mass is 168 g/mol. The molecule has 0 aromatic rings. The van der Waals surface area contributed by atoms with Crippen LogP contribution in [-0.2, 0) is 9.47 Å². The molecule has 2 nitrogen and oxygen atoms in total. The van der Waals surface area contributed by atoms with Gasteiger partial charge in [-0.05, 0) is 12.0 Å². The van der Waals surface area contributed by atoms with E-state index in [2.05, 4.69) is 13.2 Å². The van der Waals surface area contributed by atoms with E-state index in [4.69, 9.17) is 9.47 Å². The first-order valence-corrected chi connectivity index (χ1v) is 3.80. The normalized spacial score (nSPS) is 11.0. The molecule has 0 atom stereocenters. The van der Waals surface area contributed by atoms with Gasteiger partial charge in [0.2, 0.25) is 0 Å². The summed E-state index contributed by atoms with van der Waals surface area (Å²) in [7, 11) is 3.27. The van der Waals surface area contributed by atoms with Gasteiger partial charge in [0.05, 0.1) is 13.7 Å². The van der Waals surface area contributed by atoms with Gasteiger partial charge in [-0.1, -0.05) is 25.3 Å². The quantitative estimate of drug-likeness (QED) is 0.447. The average Bonchev–Trinajstić information content (AvgIpc) is 2.11. The van der Waals surface area contributed by atoms with E-state index < -0.39 is 0 Å². The zero-order valence-corrected chi connectivity index (χ0v) is 7.80. The van der Waals surface area contributed by atoms with E-state index in [9.17, 15) is 0 Å². The smallest absolute Gasteiger partial charge is 0.114 e. The van der Waals surface area contributed by atoms with Gasteiger partial charge in [-0.15, -0.1) is 0 Å². The highest BCUT2D eigenvalue weighted by atomic mass is 16.5. The second kappa shape index (κ2) is 6.68. The van der Waals surface area contributed by atoms with Crippen LogP contribution in [0, 0.1) is 0 Å². The Kier molecular flexibility index (Phi) is 6.11. The maximum absolute atomic E-state index is 5.00. The Labute approximate surface area is 74.2 Å². The van der Waals surface area contributed by atoms with Crippen molar-refractivity contribution in [2.45, 2.75) is 6.42 Å². The topological polar surface area (TPSA) is 18.5 Å². The Morgan fingerprint density at radius 1 is 1.42 bits per heavy atom. The summed E-state index contributed by atoms with van der Waals surface area (Å²) in [5.74, 6) is 0.673. The fraction of sp³-hybridized carbons (Fsp3) is 0.400. The molecule has 0 N–H and O–H groups in total. The lowest BCUT2D eigenvalue weighted by molar-refractivity contribution is 0.199. The van der Waals surface area contributed by atoms with Crippen LogP contribution in [0.2, 0.25) is 0 Å². The van der Waals surface area contributed by atoms with Crippen molar-refractivity contribution in [1.82, 2.24) is 0 Å². The summed E-state index contributed by atoms with van der Waals surface area (Å²) < 4.78 is 9.94. The maximum atomic E-state index is 5.00. The molecule has 0 saturated carbocycles. The molecule has 0 amide bonds. The summed E-state index contributed by atoms with van der Waals surface area (Å²) >= 11 is 0. The first-order chi connectivity index (χ1) is 5.76. The van der Waals surface area contributed by atoms with Gasteiger partial charge in [0.1, 0.15) is 5.76 Å². The van der Waals surface area contributed by atoms with Crippen molar-refractivity contribution in [3.63, 3.8) is 0 Å². The average molecular weight is 168 g/mol. The van der Waals surface area contributed by atoms with Crippen molar-refractivity contribution in [2.75, 3.05) is 20.8 Å². The molecule has 0 aliphatic carbocycles.